The highest BCUT2D eigenvalue weighted by Gasteiger charge is 2.32. The van der Waals surface area contributed by atoms with Crippen molar-refractivity contribution in [3.63, 3.8) is 0 Å². The first-order valence-electron chi connectivity index (χ1n) is 8.80. The van der Waals surface area contributed by atoms with E-state index in [0.717, 1.165) is 22.9 Å². The number of nitrogens with zero attached hydrogens (tertiary/aromatic N) is 1. The molecular weight excluding hydrogens is 414 g/mol. The number of carboxylic acid groups (broad SMARTS) is 1. The van der Waals surface area contributed by atoms with Gasteiger partial charge in [-0.05, 0) is 25.0 Å². The molecule has 0 saturated carbocycles. The number of carboxylic acids is 1. The van der Waals surface area contributed by atoms with Crippen LogP contribution in [0.4, 0.5) is 0 Å². The maximum atomic E-state index is 12.6. The van der Waals surface area contributed by atoms with Gasteiger partial charge in [0.15, 0.2) is 0 Å². The van der Waals surface area contributed by atoms with Crippen molar-refractivity contribution in [2.45, 2.75) is 32.2 Å². The smallest absolute Gasteiger partial charge is 0.326 e. The standard InChI is InChI=1S/C19H21N3O5S2/c1-11-2-4-12(5-3-11)10-14-17(25)22(19(28)29-14)9-8-16(24)21-13(18(26)27)6-7-15(20)23/h2-5,10,13H,6-9H2,1H3,(H2,20,23)(H,21,24)(H,26,27)/b14-10-. The van der Waals surface area contributed by atoms with Crippen LogP contribution in [0.2, 0.25) is 0 Å². The molecule has 1 heterocycles. The van der Waals surface area contributed by atoms with Gasteiger partial charge >= 0.3 is 5.97 Å². The minimum atomic E-state index is -1.26. The fourth-order valence-corrected chi connectivity index (χ4v) is 3.84. The second kappa shape index (κ2) is 10.2. The largest absolute Gasteiger partial charge is 0.480 e. The first-order chi connectivity index (χ1) is 13.7. The maximum absolute atomic E-state index is 12.6. The van der Waals surface area contributed by atoms with Crippen molar-refractivity contribution in [2.75, 3.05) is 6.54 Å². The van der Waals surface area contributed by atoms with Crippen molar-refractivity contribution in [1.29, 1.82) is 0 Å². The number of aliphatic carboxylic acids is 1. The van der Waals surface area contributed by atoms with E-state index < -0.39 is 23.8 Å². The minimum absolute atomic E-state index is 0.0316. The highest BCUT2D eigenvalue weighted by molar-refractivity contribution is 8.26. The lowest BCUT2D eigenvalue weighted by Gasteiger charge is -2.16. The SMILES string of the molecule is Cc1ccc(/C=C2\SC(=S)N(CCC(=O)NC(CCC(N)=O)C(=O)O)C2=O)cc1. The molecule has 0 radical (unpaired) electrons. The third-order valence-electron chi connectivity index (χ3n) is 4.12. The average Bonchev–Trinajstić information content (AvgIpc) is 2.91. The van der Waals surface area contributed by atoms with Crippen LogP contribution in [-0.4, -0.2) is 50.6 Å². The molecule has 1 atom stereocenters. The first kappa shape index (κ1) is 22.6. The van der Waals surface area contributed by atoms with Gasteiger partial charge < -0.3 is 16.2 Å². The fraction of sp³-hybridized carbons (Fsp3) is 0.316. The number of thioether (sulfide) groups is 1. The summed E-state index contributed by atoms with van der Waals surface area (Å²) in [6.45, 7) is 2.00. The molecule has 1 aliphatic rings. The Labute approximate surface area is 177 Å². The van der Waals surface area contributed by atoms with Crippen molar-refractivity contribution in [1.82, 2.24) is 10.2 Å². The van der Waals surface area contributed by atoms with Crippen LogP contribution in [-0.2, 0) is 19.2 Å². The van der Waals surface area contributed by atoms with Crippen molar-refractivity contribution in [2.24, 2.45) is 5.73 Å². The number of hydrogen-bond donors (Lipinski definition) is 3. The molecule has 4 N–H and O–H groups in total. The van der Waals surface area contributed by atoms with Crippen LogP contribution in [0.25, 0.3) is 6.08 Å². The first-order valence-corrected chi connectivity index (χ1v) is 10.0. The van der Waals surface area contributed by atoms with Gasteiger partial charge in [0.2, 0.25) is 11.8 Å². The Balaban J connectivity index is 1.94. The Morgan fingerprint density at radius 3 is 2.52 bits per heavy atom. The summed E-state index contributed by atoms with van der Waals surface area (Å²) in [6.07, 6.45) is 1.36. The number of hydrogen-bond acceptors (Lipinski definition) is 6. The second-order valence-corrected chi connectivity index (χ2v) is 8.13. The molecule has 2 rings (SSSR count). The zero-order valence-corrected chi connectivity index (χ0v) is 17.3. The number of carbonyl (C=O) groups excluding carboxylic acids is 3. The van der Waals surface area contributed by atoms with Crippen LogP contribution in [0.1, 0.15) is 30.4 Å². The van der Waals surface area contributed by atoms with Crippen LogP contribution in [0.15, 0.2) is 29.2 Å². The van der Waals surface area contributed by atoms with E-state index in [2.05, 4.69) is 5.32 Å². The summed E-state index contributed by atoms with van der Waals surface area (Å²) in [5.41, 5.74) is 6.98. The molecule has 29 heavy (non-hydrogen) atoms. The number of primary amides is 1. The molecule has 154 valence electrons. The molecule has 1 aromatic carbocycles. The highest BCUT2D eigenvalue weighted by Crippen LogP contribution is 2.32. The zero-order valence-electron chi connectivity index (χ0n) is 15.7. The summed E-state index contributed by atoms with van der Waals surface area (Å²) >= 11 is 6.39. The quantitative estimate of drug-likeness (QED) is 0.395. The van der Waals surface area contributed by atoms with Gasteiger partial charge in [0.25, 0.3) is 5.91 Å². The number of nitrogens with one attached hydrogen (secondary N) is 1. The van der Waals surface area contributed by atoms with Crippen LogP contribution in [0.5, 0.6) is 0 Å². The van der Waals surface area contributed by atoms with Crippen molar-refractivity contribution in [3.05, 3.63) is 40.3 Å². The molecule has 0 aliphatic carbocycles. The number of benzene rings is 1. The second-order valence-electron chi connectivity index (χ2n) is 6.46. The lowest BCUT2D eigenvalue weighted by Crippen LogP contribution is -2.42. The number of amides is 3. The van der Waals surface area contributed by atoms with Gasteiger partial charge in [-0.25, -0.2) is 4.79 Å². The van der Waals surface area contributed by atoms with E-state index in [1.54, 1.807) is 6.08 Å². The van der Waals surface area contributed by atoms with Crippen LogP contribution >= 0.6 is 24.0 Å². The Bertz CT molecular complexity index is 867. The predicted octanol–water partition coefficient (Wildman–Crippen LogP) is 1.42. The molecule has 0 aromatic heterocycles. The lowest BCUT2D eigenvalue weighted by molar-refractivity contribution is -0.142. The summed E-state index contributed by atoms with van der Waals surface area (Å²) in [7, 11) is 0. The summed E-state index contributed by atoms with van der Waals surface area (Å²) < 4.78 is 0.338. The van der Waals surface area contributed by atoms with Gasteiger partial charge in [0, 0.05) is 19.4 Å². The molecule has 0 spiro atoms. The summed E-state index contributed by atoms with van der Waals surface area (Å²) in [4.78, 5) is 48.4. The zero-order chi connectivity index (χ0) is 21.6. The van der Waals surface area contributed by atoms with E-state index in [4.69, 9.17) is 23.1 Å². The third kappa shape index (κ3) is 6.68. The Hall–Kier alpha value is -2.72. The van der Waals surface area contributed by atoms with E-state index in [1.807, 2.05) is 31.2 Å². The average molecular weight is 436 g/mol. The molecule has 1 unspecified atom stereocenters. The number of thiocarbonyl (C=S) groups is 1. The number of aryl methyl sites for hydroxylation is 1. The van der Waals surface area contributed by atoms with Gasteiger partial charge in [-0.3, -0.25) is 19.3 Å². The third-order valence-corrected chi connectivity index (χ3v) is 5.50. The van der Waals surface area contributed by atoms with Crippen molar-refractivity contribution in [3.8, 4) is 0 Å². The highest BCUT2D eigenvalue weighted by atomic mass is 32.2. The Morgan fingerprint density at radius 1 is 1.28 bits per heavy atom. The molecule has 1 fully saturated rings. The van der Waals surface area contributed by atoms with Gasteiger partial charge in [-0.2, -0.15) is 0 Å². The summed E-state index contributed by atoms with van der Waals surface area (Å²) in [6, 6.07) is 6.45. The van der Waals surface area contributed by atoms with Crippen LogP contribution in [0, 0.1) is 6.92 Å². The maximum Gasteiger partial charge on any atom is 0.326 e. The summed E-state index contributed by atoms with van der Waals surface area (Å²) in [5, 5.41) is 11.5. The van der Waals surface area contributed by atoms with Gasteiger partial charge in [0.1, 0.15) is 10.4 Å². The Kier molecular flexibility index (Phi) is 7.91. The molecule has 1 aliphatic heterocycles. The topological polar surface area (TPSA) is 130 Å². The Morgan fingerprint density at radius 2 is 1.93 bits per heavy atom. The van der Waals surface area contributed by atoms with Gasteiger partial charge in [-0.15, -0.1) is 0 Å². The molecule has 1 aromatic rings. The molecule has 1 saturated heterocycles. The van der Waals surface area contributed by atoms with E-state index in [0.29, 0.717) is 9.23 Å². The summed E-state index contributed by atoms with van der Waals surface area (Å²) in [5.74, 6) is -2.76. The number of nitrogens with two attached hydrogens (primary N) is 1. The van der Waals surface area contributed by atoms with E-state index in [1.165, 1.54) is 4.90 Å². The molecule has 3 amide bonds. The molecular formula is C19H21N3O5S2. The molecule has 0 bridgehead atoms. The lowest BCUT2D eigenvalue weighted by atomic mass is 10.1. The molecule has 8 nitrogen and oxygen atoms in total. The predicted molar refractivity (Wildman–Crippen MR) is 114 cm³/mol. The van der Waals surface area contributed by atoms with E-state index in [-0.39, 0.29) is 31.7 Å². The van der Waals surface area contributed by atoms with Crippen molar-refractivity contribution < 1.29 is 24.3 Å². The van der Waals surface area contributed by atoms with Crippen LogP contribution in [0.3, 0.4) is 0 Å². The minimum Gasteiger partial charge on any atom is -0.480 e. The van der Waals surface area contributed by atoms with Crippen molar-refractivity contribution >= 4 is 58.1 Å². The monoisotopic (exact) mass is 435 g/mol. The normalized spacial score (nSPS) is 16.2. The fourth-order valence-electron chi connectivity index (χ4n) is 2.53. The molecule has 10 heteroatoms. The van der Waals surface area contributed by atoms with Gasteiger partial charge in [-0.1, -0.05) is 53.8 Å². The number of carbonyl (C=O) groups is 4. The van der Waals surface area contributed by atoms with Crippen LogP contribution < -0.4 is 11.1 Å². The van der Waals surface area contributed by atoms with E-state index >= 15 is 0 Å². The van der Waals surface area contributed by atoms with E-state index in [9.17, 15) is 19.2 Å². The number of rotatable bonds is 9. The van der Waals surface area contributed by atoms with Gasteiger partial charge in [0.05, 0.1) is 4.91 Å².